The Balaban J connectivity index is 1.46. The third kappa shape index (κ3) is 6.07. The van der Waals surface area contributed by atoms with Gasteiger partial charge < -0.3 is 10.1 Å². The van der Waals surface area contributed by atoms with E-state index in [0.29, 0.717) is 39.0 Å². The Hall–Kier alpha value is -3.78. The number of anilines is 1. The fourth-order valence-electron chi connectivity index (χ4n) is 3.74. The van der Waals surface area contributed by atoms with Crippen LogP contribution in [0, 0.1) is 13.8 Å². The maximum Gasteiger partial charge on any atom is 0.416 e. The van der Waals surface area contributed by atoms with Gasteiger partial charge in [-0.05, 0) is 73.5 Å². The smallest absolute Gasteiger partial charge is 0.416 e. The van der Waals surface area contributed by atoms with Crippen LogP contribution >= 0.6 is 11.6 Å². The fraction of sp³-hybridized carbons (Fsp3) is 0.185. The number of rotatable bonds is 7. The van der Waals surface area contributed by atoms with E-state index in [9.17, 15) is 18.0 Å². The fourth-order valence-corrected chi connectivity index (χ4v) is 3.86. The Labute approximate surface area is 211 Å². The van der Waals surface area contributed by atoms with Crippen LogP contribution in [0.3, 0.4) is 0 Å². The molecule has 1 aromatic heterocycles. The lowest BCUT2D eigenvalue weighted by atomic mass is 10.1. The largest absolute Gasteiger partial charge is 0.489 e. The van der Waals surface area contributed by atoms with Gasteiger partial charge in [0.15, 0.2) is 0 Å². The first-order valence-corrected chi connectivity index (χ1v) is 11.5. The first-order chi connectivity index (χ1) is 17.1. The normalized spacial score (nSPS) is 11.4. The molecule has 0 aliphatic heterocycles. The second-order valence-corrected chi connectivity index (χ2v) is 8.74. The Kier molecular flexibility index (Phi) is 7.35. The first-order valence-electron chi connectivity index (χ1n) is 11.1. The number of amides is 1. The van der Waals surface area contributed by atoms with E-state index >= 15 is 0 Å². The molecule has 0 saturated carbocycles. The van der Waals surface area contributed by atoms with Crippen molar-refractivity contribution in [2.24, 2.45) is 0 Å². The van der Waals surface area contributed by atoms with Gasteiger partial charge in [0.05, 0.1) is 29.2 Å². The van der Waals surface area contributed by atoms with Crippen LogP contribution < -0.4 is 10.1 Å². The average Bonchev–Trinajstić information content (AvgIpc) is 3.10. The van der Waals surface area contributed by atoms with Crippen LogP contribution in [0.4, 0.5) is 18.9 Å². The molecule has 4 rings (SSSR count). The molecule has 0 saturated heterocycles. The Morgan fingerprint density at radius 3 is 2.42 bits per heavy atom. The van der Waals surface area contributed by atoms with E-state index < -0.39 is 11.7 Å². The van der Waals surface area contributed by atoms with Gasteiger partial charge in [-0.1, -0.05) is 35.9 Å². The summed E-state index contributed by atoms with van der Waals surface area (Å²) in [5.74, 6) is 0.335. The van der Waals surface area contributed by atoms with Gasteiger partial charge in [0.25, 0.3) is 5.91 Å². The van der Waals surface area contributed by atoms with Gasteiger partial charge in [0.2, 0.25) is 0 Å². The second kappa shape index (κ2) is 10.5. The van der Waals surface area contributed by atoms with Crippen molar-refractivity contribution in [2.75, 3.05) is 5.32 Å². The summed E-state index contributed by atoms with van der Waals surface area (Å²) in [6.45, 7) is 3.92. The quantitative estimate of drug-likeness (QED) is 0.288. The molecule has 1 N–H and O–H groups in total. The number of carbonyl (C=O) groups is 1. The highest BCUT2D eigenvalue weighted by molar-refractivity contribution is 6.30. The summed E-state index contributed by atoms with van der Waals surface area (Å²) in [7, 11) is 0. The van der Waals surface area contributed by atoms with E-state index in [4.69, 9.17) is 16.3 Å². The van der Waals surface area contributed by atoms with E-state index in [2.05, 4.69) is 10.4 Å². The van der Waals surface area contributed by atoms with E-state index in [1.54, 1.807) is 67.1 Å². The molecular weight excluding hydrogens is 491 g/mol. The minimum absolute atomic E-state index is 0.143. The lowest BCUT2D eigenvalue weighted by Gasteiger charge is -2.11. The number of halogens is 4. The zero-order chi connectivity index (χ0) is 25.9. The van der Waals surface area contributed by atoms with Crippen LogP contribution in [0.5, 0.6) is 5.75 Å². The minimum Gasteiger partial charge on any atom is -0.489 e. The maximum absolute atomic E-state index is 13.1. The number of benzene rings is 3. The molecular formula is C27H23ClF3N3O2. The number of ether oxygens (including phenoxy) is 1. The van der Waals surface area contributed by atoms with Crippen molar-refractivity contribution in [1.82, 2.24) is 9.78 Å². The predicted octanol–water partition coefficient (Wildman–Crippen LogP) is 7.05. The third-order valence-electron chi connectivity index (χ3n) is 5.61. The molecule has 1 amide bonds. The topological polar surface area (TPSA) is 56.2 Å². The molecule has 9 heteroatoms. The first kappa shape index (κ1) is 25.3. The van der Waals surface area contributed by atoms with Gasteiger partial charge >= 0.3 is 6.18 Å². The zero-order valence-electron chi connectivity index (χ0n) is 19.6. The number of nitrogens with zero attached hydrogens (tertiary/aromatic N) is 2. The van der Waals surface area contributed by atoms with Crippen molar-refractivity contribution in [3.8, 4) is 5.75 Å². The zero-order valence-corrected chi connectivity index (χ0v) is 20.3. The molecule has 0 spiro atoms. The third-order valence-corrected chi connectivity index (χ3v) is 5.87. The Bertz CT molecular complexity index is 1380. The highest BCUT2D eigenvalue weighted by Crippen LogP contribution is 2.30. The molecule has 0 aliphatic carbocycles. The molecule has 186 valence electrons. The number of alkyl halides is 3. The van der Waals surface area contributed by atoms with Crippen molar-refractivity contribution >= 4 is 23.2 Å². The number of aromatic nitrogens is 2. The van der Waals surface area contributed by atoms with Gasteiger partial charge in [-0.3, -0.25) is 9.48 Å². The van der Waals surface area contributed by atoms with Crippen LogP contribution in [0.15, 0.2) is 72.8 Å². The summed E-state index contributed by atoms with van der Waals surface area (Å²) in [4.78, 5) is 13.0. The standard InChI is InChI=1S/C27H23ClF3N3O2/c1-17-25(18(2)34(33-17)15-19-5-4-8-22(14-19)27(29,30)31)32-26(35)21-7-3-6-20(13-21)16-36-24-11-9-23(28)10-12-24/h3-14H,15-16H2,1-2H3,(H,32,35). The number of nitrogens with one attached hydrogen (secondary N) is 1. The van der Waals surface area contributed by atoms with E-state index in [-0.39, 0.29) is 19.1 Å². The molecule has 0 atom stereocenters. The molecule has 1 heterocycles. The molecule has 0 radical (unpaired) electrons. The molecule has 0 unspecified atom stereocenters. The second-order valence-electron chi connectivity index (χ2n) is 8.30. The SMILES string of the molecule is Cc1nn(Cc2cccc(C(F)(F)F)c2)c(C)c1NC(=O)c1cccc(COc2ccc(Cl)cc2)c1. The van der Waals surface area contributed by atoms with E-state index in [0.717, 1.165) is 17.7 Å². The molecule has 36 heavy (non-hydrogen) atoms. The van der Waals surface area contributed by atoms with E-state index in [1.165, 1.54) is 6.07 Å². The van der Waals surface area contributed by atoms with Crippen molar-refractivity contribution in [3.63, 3.8) is 0 Å². The molecule has 3 aromatic carbocycles. The number of carbonyl (C=O) groups excluding carboxylic acids is 1. The summed E-state index contributed by atoms with van der Waals surface area (Å²) in [6.07, 6.45) is -4.42. The van der Waals surface area contributed by atoms with Crippen molar-refractivity contribution < 1.29 is 22.7 Å². The highest BCUT2D eigenvalue weighted by atomic mass is 35.5. The van der Waals surface area contributed by atoms with Crippen molar-refractivity contribution in [3.05, 3.63) is 111 Å². The van der Waals surface area contributed by atoms with E-state index in [1.807, 2.05) is 6.07 Å². The van der Waals surface area contributed by atoms with Gasteiger partial charge in [-0.25, -0.2) is 0 Å². The molecule has 5 nitrogen and oxygen atoms in total. The number of aryl methyl sites for hydroxylation is 1. The Morgan fingerprint density at radius 2 is 1.69 bits per heavy atom. The maximum atomic E-state index is 13.1. The molecule has 0 fully saturated rings. The van der Waals surface area contributed by atoms with Gasteiger partial charge in [0, 0.05) is 10.6 Å². The van der Waals surface area contributed by atoms with Gasteiger partial charge in [-0.15, -0.1) is 0 Å². The number of hydrogen-bond acceptors (Lipinski definition) is 3. The van der Waals surface area contributed by atoms with Crippen LogP contribution in [0.2, 0.25) is 5.02 Å². The van der Waals surface area contributed by atoms with Crippen LogP contribution in [0.25, 0.3) is 0 Å². The van der Waals surface area contributed by atoms with Gasteiger partial charge in [-0.2, -0.15) is 18.3 Å². The lowest BCUT2D eigenvalue weighted by Crippen LogP contribution is -2.14. The molecule has 0 aliphatic rings. The van der Waals surface area contributed by atoms with Crippen LogP contribution in [0.1, 0.15) is 38.4 Å². The minimum atomic E-state index is -4.42. The summed E-state index contributed by atoms with van der Waals surface area (Å²) >= 11 is 5.89. The monoisotopic (exact) mass is 513 g/mol. The van der Waals surface area contributed by atoms with Crippen LogP contribution in [-0.4, -0.2) is 15.7 Å². The summed E-state index contributed by atoms with van der Waals surface area (Å²) < 4.78 is 46.5. The lowest BCUT2D eigenvalue weighted by molar-refractivity contribution is -0.137. The van der Waals surface area contributed by atoms with Crippen LogP contribution in [-0.2, 0) is 19.3 Å². The highest BCUT2D eigenvalue weighted by Gasteiger charge is 2.30. The number of hydrogen-bond donors (Lipinski definition) is 1. The summed E-state index contributed by atoms with van der Waals surface area (Å²) in [5.41, 5.74) is 2.73. The van der Waals surface area contributed by atoms with Crippen molar-refractivity contribution in [2.45, 2.75) is 33.2 Å². The average molecular weight is 514 g/mol. The molecule has 4 aromatic rings. The Morgan fingerprint density at radius 1 is 1.00 bits per heavy atom. The van der Waals surface area contributed by atoms with Crippen molar-refractivity contribution in [1.29, 1.82) is 0 Å². The molecule has 0 bridgehead atoms. The van der Waals surface area contributed by atoms with Gasteiger partial charge in [0.1, 0.15) is 12.4 Å². The summed E-state index contributed by atoms with van der Waals surface area (Å²) in [5, 5.41) is 7.92. The summed E-state index contributed by atoms with van der Waals surface area (Å²) in [6, 6.07) is 19.2. The predicted molar refractivity (Wildman–Crippen MR) is 132 cm³/mol.